The van der Waals surface area contributed by atoms with Gasteiger partial charge in [0, 0.05) is 18.4 Å². The van der Waals surface area contributed by atoms with Crippen molar-refractivity contribution in [1.82, 2.24) is 4.90 Å². The minimum atomic E-state index is -0.0184. The van der Waals surface area contributed by atoms with Crippen LogP contribution in [0, 0.1) is 11.3 Å². The summed E-state index contributed by atoms with van der Waals surface area (Å²) in [5.74, 6) is 0.705. The Morgan fingerprint density at radius 1 is 0.952 bits per heavy atom. The molecule has 3 nitrogen and oxygen atoms in total. The Morgan fingerprint density at radius 2 is 1.48 bits per heavy atom. The van der Waals surface area contributed by atoms with E-state index < -0.39 is 0 Å². The minimum absolute atomic E-state index is 0.0184. The molecule has 0 aromatic rings. The fraction of sp³-hybridized carbons (Fsp3) is 0.889. The molecule has 1 heterocycles. The predicted octanol–water partition coefficient (Wildman–Crippen LogP) is 3.85. The molecule has 1 aliphatic rings. The van der Waals surface area contributed by atoms with E-state index in [2.05, 4.69) is 25.7 Å². The molecule has 1 saturated heterocycles. The van der Waals surface area contributed by atoms with Crippen molar-refractivity contribution in [3.05, 3.63) is 0 Å². The Kier molecular flexibility index (Phi) is 6.15. The van der Waals surface area contributed by atoms with Crippen LogP contribution in [-0.2, 0) is 9.59 Å². The molecule has 21 heavy (non-hydrogen) atoms. The Bertz CT molecular complexity index is 366. The molecule has 0 aliphatic carbocycles. The van der Waals surface area contributed by atoms with Gasteiger partial charge < -0.3 is 0 Å². The molecule has 3 heteroatoms. The second-order valence-electron chi connectivity index (χ2n) is 8.80. The Balaban J connectivity index is 2.32. The standard InChI is InChI=1S/C18H33NO2/c1-17(2,3)13-16(21)12-15(20)11-14-7-9-19(10-8-14)18(4,5)6/h14H,7-13H2,1-6H3. The van der Waals surface area contributed by atoms with E-state index in [1.54, 1.807) is 0 Å². The number of carbonyl (C=O) groups excluding carboxylic acids is 2. The average Bonchev–Trinajstić information content (AvgIpc) is 2.25. The first-order valence-electron chi connectivity index (χ1n) is 8.26. The Morgan fingerprint density at radius 3 is 1.90 bits per heavy atom. The smallest absolute Gasteiger partial charge is 0.140 e. The number of piperidine rings is 1. The molecule has 0 aromatic heterocycles. The van der Waals surface area contributed by atoms with Crippen LogP contribution in [0.5, 0.6) is 0 Å². The summed E-state index contributed by atoms with van der Waals surface area (Å²) >= 11 is 0. The first-order valence-corrected chi connectivity index (χ1v) is 8.26. The van der Waals surface area contributed by atoms with Crippen molar-refractivity contribution in [3.8, 4) is 0 Å². The number of Topliss-reactive ketones (excluding diaryl/α,β-unsaturated/α-hetero) is 2. The number of hydrogen-bond donors (Lipinski definition) is 0. The molecule has 0 atom stereocenters. The number of ketones is 2. The van der Waals surface area contributed by atoms with Gasteiger partial charge in [-0.25, -0.2) is 0 Å². The summed E-state index contributed by atoms with van der Waals surface area (Å²) in [6.45, 7) is 15.0. The van der Waals surface area contributed by atoms with Gasteiger partial charge in [-0.05, 0) is 58.0 Å². The van der Waals surface area contributed by atoms with E-state index in [-0.39, 0.29) is 28.9 Å². The number of likely N-dealkylation sites (tertiary alicyclic amines) is 1. The summed E-state index contributed by atoms with van der Waals surface area (Å²) in [5, 5.41) is 0. The van der Waals surface area contributed by atoms with Crippen LogP contribution in [0.3, 0.4) is 0 Å². The number of nitrogens with zero attached hydrogens (tertiary/aromatic N) is 1. The first kappa shape index (κ1) is 18.3. The first-order chi connectivity index (χ1) is 9.47. The maximum absolute atomic E-state index is 12.1. The molecular weight excluding hydrogens is 262 g/mol. The topological polar surface area (TPSA) is 37.4 Å². The molecule has 1 rings (SSSR count). The highest BCUT2D eigenvalue weighted by Gasteiger charge is 2.28. The van der Waals surface area contributed by atoms with Crippen LogP contribution < -0.4 is 0 Å². The summed E-state index contributed by atoms with van der Waals surface area (Å²) in [6.07, 6.45) is 3.39. The zero-order valence-corrected chi connectivity index (χ0v) is 14.8. The fourth-order valence-corrected chi connectivity index (χ4v) is 3.08. The van der Waals surface area contributed by atoms with E-state index in [9.17, 15) is 9.59 Å². The summed E-state index contributed by atoms with van der Waals surface area (Å²) in [7, 11) is 0. The lowest BCUT2D eigenvalue weighted by molar-refractivity contribution is -0.128. The molecular formula is C18H33NO2. The lowest BCUT2D eigenvalue weighted by Crippen LogP contribution is -2.46. The Hall–Kier alpha value is -0.700. The second kappa shape index (κ2) is 7.04. The molecule has 0 N–H and O–H groups in total. The number of carbonyl (C=O) groups is 2. The summed E-state index contributed by atoms with van der Waals surface area (Å²) < 4.78 is 0. The van der Waals surface area contributed by atoms with Crippen molar-refractivity contribution >= 4 is 11.6 Å². The van der Waals surface area contributed by atoms with Gasteiger partial charge in [-0.1, -0.05) is 20.8 Å². The molecule has 122 valence electrons. The highest BCUT2D eigenvalue weighted by atomic mass is 16.1. The highest BCUT2D eigenvalue weighted by Crippen LogP contribution is 2.26. The molecule has 1 aliphatic heterocycles. The van der Waals surface area contributed by atoms with Crippen molar-refractivity contribution < 1.29 is 9.59 Å². The average molecular weight is 295 g/mol. The van der Waals surface area contributed by atoms with Gasteiger partial charge in [-0.2, -0.15) is 0 Å². The van der Waals surface area contributed by atoms with Gasteiger partial charge in [0.25, 0.3) is 0 Å². The largest absolute Gasteiger partial charge is 0.299 e. The number of rotatable bonds is 5. The van der Waals surface area contributed by atoms with Crippen molar-refractivity contribution in [2.75, 3.05) is 13.1 Å². The third-order valence-electron chi connectivity index (χ3n) is 4.20. The lowest BCUT2D eigenvalue weighted by Gasteiger charge is -2.40. The van der Waals surface area contributed by atoms with Crippen LogP contribution in [0.4, 0.5) is 0 Å². The predicted molar refractivity (Wildman–Crippen MR) is 87.4 cm³/mol. The van der Waals surface area contributed by atoms with Gasteiger partial charge in [-0.15, -0.1) is 0 Å². The van der Waals surface area contributed by atoms with Crippen molar-refractivity contribution in [3.63, 3.8) is 0 Å². The fourth-order valence-electron chi connectivity index (χ4n) is 3.08. The highest BCUT2D eigenvalue weighted by molar-refractivity contribution is 5.99. The van der Waals surface area contributed by atoms with E-state index in [0.717, 1.165) is 25.9 Å². The van der Waals surface area contributed by atoms with Crippen molar-refractivity contribution in [2.24, 2.45) is 11.3 Å². The molecule has 0 unspecified atom stereocenters. The van der Waals surface area contributed by atoms with E-state index in [1.165, 1.54) is 0 Å². The number of hydrogen-bond acceptors (Lipinski definition) is 3. The van der Waals surface area contributed by atoms with Crippen LogP contribution in [0.1, 0.15) is 73.6 Å². The molecule has 0 bridgehead atoms. The van der Waals surface area contributed by atoms with Gasteiger partial charge in [0.2, 0.25) is 0 Å². The normalized spacial score (nSPS) is 18.8. The van der Waals surface area contributed by atoms with Crippen LogP contribution >= 0.6 is 0 Å². The summed E-state index contributed by atoms with van der Waals surface area (Å²) in [4.78, 5) is 26.4. The van der Waals surface area contributed by atoms with E-state index in [0.29, 0.717) is 18.8 Å². The molecule has 0 spiro atoms. The van der Waals surface area contributed by atoms with Crippen LogP contribution in [0.15, 0.2) is 0 Å². The summed E-state index contributed by atoms with van der Waals surface area (Å²) in [6, 6.07) is 0. The van der Waals surface area contributed by atoms with Crippen LogP contribution in [0.25, 0.3) is 0 Å². The van der Waals surface area contributed by atoms with Gasteiger partial charge >= 0.3 is 0 Å². The monoisotopic (exact) mass is 295 g/mol. The summed E-state index contributed by atoms with van der Waals surface area (Å²) in [5.41, 5.74) is 0.201. The molecule has 0 radical (unpaired) electrons. The quantitative estimate of drug-likeness (QED) is 0.723. The molecule has 0 aromatic carbocycles. The maximum Gasteiger partial charge on any atom is 0.140 e. The van der Waals surface area contributed by atoms with Gasteiger partial charge in [0.1, 0.15) is 11.6 Å². The van der Waals surface area contributed by atoms with Crippen molar-refractivity contribution in [2.45, 2.75) is 79.2 Å². The van der Waals surface area contributed by atoms with Gasteiger partial charge in [0.15, 0.2) is 0 Å². The second-order valence-corrected chi connectivity index (χ2v) is 8.80. The zero-order chi connectivity index (χ0) is 16.3. The third kappa shape index (κ3) is 7.21. The Labute approximate surface area is 130 Å². The van der Waals surface area contributed by atoms with Gasteiger partial charge in [-0.3, -0.25) is 14.5 Å². The van der Waals surface area contributed by atoms with Gasteiger partial charge in [0.05, 0.1) is 6.42 Å². The van der Waals surface area contributed by atoms with E-state index >= 15 is 0 Å². The van der Waals surface area contributed by atoms with E-state index in [4.69, 9.17) is 0 Å². The minimum Gasteiger partial charge on any atom is -0.299 e. The maximum atomic E-state index is 12.1. The SMILES string of the molecule is CC(C)(C)CC(=O)CC(=O)CC1CCN(C(C)(C)C)CC1. The van der Waals surface area contributed by atoms with Crippen LogP contribution in [0.2, 0.25) is 0 Å². The molecule has 1 fully saturated rings. The third-order valence-corrected chi connectivity index (χ3v) is 4.20. The molecule has 0 saturated carbocycles. The zero-order valence-electron chi connectivity index (χ0n) is 14.8. The lowest BCUT2D eigenvalue weighted by atomic mass is 9.86. The molecule has 0 amide bonds. The van der Waals surface area contributed by atoms with Crippen LogP contribution in [-0.4, -0.2) is 35.1 Å². The van der Waals surface area contributed by atoms with E-state index in [1.807, 2.05) is 20.8 Å². The van der Waals surface area contributed by atoms with Crippen molar-refractivity contribution in [1.29, 1.82) is 0 Å².